The third-order valence-corrected chi connectivity index (χ3v) is 6.02. The lowest BCUT2D eigenvalue weighted by Crippen LogP contribution is -2.12. The molecule has 0 aliphatic rings. The third kappa shape index (κ3) is 2.69. The van der Waals surface area contributed by atoms with E-state index in [-0.39, 0.29) is 4.90 Å². The lowest BCUT2D eigenvalue weighted by atomic mass is 10.2. The van der Waals surface area contributed by atoms with Gasteiger partial charge in [-0.3, -0.25) is 0 Å². The fourth-order valence-corrected chi connectivity index (χ4v) is 4.31. The van der Waals surface area contributed by atoms with Crippen LogP contribution in [0.4, 0.5) is 0 Å². The molecule has 0 unspecified atom stereocenters. The van der Waals surface area contributed by atoms with Crippen molar-refractivity contribution in [1.29, 1.82) is 0 Å². The first-order valence-corrected chi connectivity index (χ1v) is 9.73. The highest BCUT2D eigenvalue weighted by atomic mass is 79.9. The molecule has 0 atom stereocenters. The smallest absolute Gasteiger partial charge is 0.269 e. The molecule has 0 spiro atoms. The molecule has 0 N–H and O–H groups in total. The highest BCUT2D eigenvalue weighted by Gasteiger charge is 2.23. The predicted molar refractivity (Wildman–Crippen MR) is 98.9 cm³/mol. The highest BCUT2D eigenvalue weighted by Crippen LogP contribution is 2.34. The zero-order chi connectivity index (χ0) is 17.6. The second-order valence-corrected chi connectivity index (χ2v) is 8.39. The first-order chi connectivity index (χ1) is 12.0. The number of hydrogen-bond donors (Lipinski definition) is 0. The second-order valence-electron chi connectivity index (χ2n) is 5.66. The molecule has 0 saturated carbocycles. The fraction of sp³-hybridized carbons (Fsp3) is 0.0556. The van der Waals surface area contributed by atoms with Crippen molar-refractivity contribution in [3.8, 4) is 11.3 Å². The number of furan rings is 1. The minimum atomic E-state index is -3.76. The first kappa shape index (κ1) is 16.1. The van der Waals surface area contributed by atoms with Gasteiger partial charge < -0.3 is 4.42 Å². The standard InChI is InChI=1S/C18H13BrN2O3S/c1-12-4-6-14(7-5-12)25(22,23)21-10-16(17-9-13(19)11-24-17)15-3-2-8-20-18(15)21/h2-11H,1H3. The summed E-state index contributed by atoms with van der Waals surface area (Å²) >= 11 is 3.35. The van der Waals surface area contributed by atoms with Gasteiger partial charge >= 0.3 is 0 Å². The molecule has 0 bridgehead atoms. The monoisotopic (exact) mass is 416 g/mol. The summed E-state index contributed by atoms with van der Waals surface area (Å²) in [6, 6.07) is 12.1. The summed E-state index contributed by atoms with van der Waals surface area (Å²) in [5.41, 5.74) is 2.03. The Morgan fingerprint density at radius 3 is 2.60 bits per heavy atom. The Hall–Kier alpha value is -2.38. The van der Waals surface area contributed by atoms with E-state index in [1.165, 1.54) is 3.97 Å². The van der Waals surface area contributed by atoms with E-state index in [1.54, 1.807) is 55.1 Å². The van der Waals surface area contributed by atoms with Crippen LogP contribution in [0.5, 0.6) is 0 Å². The van der Waals surface area contributed by atoms with Crippen LogP contribution in [0, 0.1) is 6.92 Å². The Labute approximate surface area is 153 Å². The normalized spacial score (nSPS) is 11.9. The largest absolute Gasteiger partial charge is 0.463 e. The van der Waals surface area contributed by atoms with Crippen LogP contribution in [0.2, 0.25) is 0 Å². The Bertz CT molecular complexity index is 1170. The SMILES string of the molecule is Cc1ccc(S(=O)(=O)n2cc(-c3cc(Br)co3)c3cccnc32)cc1. The summed E-state index contributed by atoms with van der Waals surface area (Å²) in [5.74, 6) is 0.572. The van der Waals surface area contributed by atoms with E-state index in [4.69, 9.17) is 4.42 Å². The van der Waals surface area contributed by atoms with Gasteiger partial charge in [0.1, 0.15) is 12.0 Å². The van der Waals surface area contributed by atoms with Gasteiger partial charge in [0, 0.05) is 23.3 Å². The van der Waals surface area contributed by atoms with Crippen molar-refractivity contribution >= 4 is 37.0 Å². The predicted octanol–water partition coefficient (Wildman–Crippen LogP) is 4.60. The number of hydrogen-bond acceptors (Lipinski definition) is 4. The van der Waals surface area contributed by atoms with Gasteiger partial charge in [-0.1, -0.05) is 17.7 Å². The van der Waals surface area contributed by atoms with E-state index in [0.29, 0.717) is 22.4 Å². The highest BCUT2D eigenvalue weighted by molar-refractivity contribution is 9.10. The second kappa shape index (κ2) is 5.86. The average molecular weight is 417 g/mol. The topological polar surface area (TPSA) is 65.1 Å². The van der Waals surface area contributed by atoms with Crippen molar-refractivity contribution in [3.63, 3.8) is 0 Å². The first-order valence-electron chi connectivity index (χ1n) is 7.49. The van der Waals surface area contributed by atoms with Crippen LogP contribution in [0.1, 0.15) is 5.56 Å². The number of aromatic nitrogens is 2. The molecule has 0 aliphatic carbocycles. The van der Waals surface area contributed by atoms with Gasteiger partial charge in [-0.05, 0) is 53.2 Å². The lowest BCUT2D eigenvalue weighted by molar-refractivity contribution is 0.581. The number of rotatable bonds is 3. The van der Waals surface area contributed by atoms with Crippen molar-refractivity contribution in [3.05, 3.63) is 71.2 Å². The molecule has 0 amide bonds. The minimum Gasteiger partial charge on any atom is -0.463 e. The number of nitrogens with zero attached hydrogens (tertiary/aromatic N) is 2. The summed E-state index contributed by atoms with van der Waals surface area (Å²) in [6.45, 7) is 1.91. The zero-order valence-corrected chi connectivity index (χ0v) is 15.6. The molecule has 126 valence electrons. The molecule has 3 aromatic heterocycles. The van der Waals surface area contributed by atoms with E-state index in [2.05, 4.69) is 20.9 Å². The molecule has 0 fully saturated rings. The van der Waals surface area contributed by atoms with Crippen LogP contribution >= 0.6 is 15.9 Å². The summed E-state index contributed by atoms with van der Waals surface area (Å²) in [4.78, 5) is 4.49. The number of pyridine rings is 1. The maximum atomic E-state index is 13.1. The Kier molecular flexibility index (Phi) is 3.77. The van der Waals surface area contributed by atoms with Gasteiger partial charge in [0.15, 0.2) is 5.65 Å². The van der Waals surface area contributed by atoms with Crippen LogP contribution in [0.25, 0.3) is 22.4 Å². The van der Waals surface area contributed by atoms with Crippen molar-refractivity contribution < 1.29 is 12.8 Å². The maximum Gasteiger partial charge on any atom is 0.269 e. The quantitative estimate of drug-likeness (QED) is 0.489. The maximum absolute atomic E-state index is 13.1. The molecular formula is C18H13BrN2O3S. The summed E-state index contributed by atoms with van der Waals surface area (Å²) in [6.07, 6.45) is 4.69. The van der Waals surface area contributed by atoms with Gasteiger partial charge in [-0.25, -0.2) is 17.4 Å². The van der Waals surface area contributed by atoms with Crippen LogP contribution in [0.3, 0.4) is 0 Å². The number of halogens is 1. The molecule has 25 heavy (non-hydrogen) atoms. The van der Waals surface area contributed by atoms with E-state index in [0.717, 1.165) is 10.0 Å². The molecule has 0 aliphatic heterocycles. The van der Waals surface area contributed by atoms with Crippen molar-refractivity contribution in [1.82, 2.24) is 8.96 Å². The molecule has 4 aromatic rings. The molecule has 7 heteroatoms. The summed E-state index contributed by atoms with van der Waals surface area (Å²) in [5, 5.41) is 0.708. The summed E-state index contributed by atoms with van der Waals surface area (Å²) in [7, 11) is -3.76. The van der Waals surface area contributed by atoms with E-state index < -0.39 is 10.0 Å². The summed E-state index contributed by atoms with van der Waals surface area (Å²) < 4.78 is 33.7. The Morgan fingerprint density at radius 2 is 1.92 bits per heavy atom. The average Bonchev–Trinajstić information content (AvgIpc) is 3.19. The Morgan fingerprint density at radius 1 is 1.16 bits per heavy atom. The fourth-order valence-electron chi connectivity index (χ4n) is 2.69. The third-order valence-electron chi connectivity index (χ3n) is 3.94. The molecule has 3 heterocycles. The zero-order valence-electron chi connectivity index (χ0n) is 13.2. The number of aryl methyl sites for hydroxylation is 1. The van der Waals surface area contributed by atoms with Gasteiger partial charge in [-0.2, -0.15) is 0 Å². The number of fused-ring (bicyclic) bond motifs is 1. The van der Waals surface area contributed by atoms with Crippen molar-refractivity contribution in [2.45, 2.75) is 11.8 Å². The van der Waals surface area contributed by atoms with Crippen molar-refractivity contribution in [2.75, 3.05) is 0 Å². The molecule has 0 saturated heterocycles. The lowest BCUT2D eigenvalue weighted by Gasteiger charge is -2.07. The van der Waals surface area contributed by atoms with Gasteiger partial charge in [0.25, 0.3) is 10.0 Å². The van der Waals surface area contributed by atoms with Crippen LogP contribution in [-0.4, -0.2) is 17.4 Å². The van der Waals surface area contributed by atoms with Crippen LogP contribution in [-0.2, 0) is 10.0 Å². The van der Waals surface area contributed by atoms with Gasteiger partial charge in [0.05, 0.1) is 9.37 Å². The minimum absolute atomic E-state index is 0.216. The van der Waals surface area contributed by atoms with Gasteiger partial charge in [0.2, 0.25) is 0 Å². The Balaban J connectivity index is 1.98. The molecule has 4 rings (SSSR count). The molecule has 1 aromatic carbocycles. The molecule has 5 nitrogen and oxygen atoms in total. The van der Waals surface area contributed by atoms with Crippen molar-refractivity contribution in [2.24, 2.45) is 0 Å². The van der Waals surface area contributed by atoms with Gasteiger partial charge in [-0.15, -0.1) is 0 Å². The van der Waals surface area contributed by atoms with E-state index >= 15 is 0 Å². The van der Waals surface area contributed by atoms with Crippen LogP contribution < -0.4 is 0 Å². The van der Waals surface area contributed by atoms with E-state index in [1.807, 2.05) is 13.0 Å². The molecule has 0 radical (unpaired) electrons. The molecular weight excluding hydrogens is 404 g/mol. The number of benzene rings is 1. The van der Waals surface area contributed by atoms with E-state index in [9.17, 15) is 8.42 Å². The van der Waals surface area contributed by atoms with Crippen LogP contribution in [0.15, 0.2) is 74.9 Å².